The molecule has 30 heavy (non-hydrogen) atoms. The molecule has 0 aliphatic carbocycles. The molecule has 1 saturated heterocycles. The SMILES string of the molecule is c1csc(-c2cc(Nc3nc(N4CCOCC4)c4oc5ncccc5c4n3)[nH]n2)c1. The van der Waals surface area contributed by atoms with Gasteiger partial charge in [0.1, 0.15) is 17.0 Å². The molecule has 0 unspecified atom stereocenters. The van der Waals surface area contributed by atoms with Gasteiger partial charge in [-0.2, -0.15) is 10.1 Å². The molecular formula is C20H17N7O2S. The van der Waals surface area contributed by atoms with E-state index < -0.39 is 0 Å². The van der Waals surface area contributed by atoms with E-state index in [1.165, 1.54) is 0 Å². The van der Waals surface area contributed by atoms with Gasteiger partial charge >= 0.3 is 0 Å². The van der Waals surface area contributed by atoms with Crippen LogP contribution in [0.15, 0.2) is 46.3 Å². The van der Waals surface area contributed by atoms with Crippen LogP contribution in [0.3, 0.4) is 0 Å². The molecule has 0 spiro atoms. The molecule has 6 heterocycles. The van der Waals surface area contributed by atoms with Gasteiger partial charge in [0.15, 0.2) is 11.4 Å². The number of ether oxygens (including phenoxy) is 1. The van der Waals surface area contributed by atoms with Crippen LogP contribution in [0.5, 0.6) is 0 Å². The van der Waals surface area contributed by atoms with Gasteiger partial charge in [-0.15, -0.1) is 11.3 Å². The summed E-state index contributed by atoms with van der Waals surface area (Å²) in [5, 5.41) is 13.5. The molecule has 150 valence electrons. The van der Waals surface area contributed by atoms with Crippen molar-refractivity contribution >= 4 is 51.1 Å². The summed E-state index contributed by atoms with van der Waals surface area (Å²) in [5.74, 6) is 1.93. The number of morpholine rings is 1. The first-order valence-corrected chi connectivity index (χ1v) is 10.5. The second-order valence-corrected chi connectivity index (χ2v) is 7.82. The molecule has 6 rings (SSSR count). The van der Waals surface area contributed by atoms with Crippen molar-refractivity contribution in [3.05, 3.63) is 41.9 Å². The Morgan fingerprint density at radius 1 is 1.13 bits per heavy atom. The summed E-state index contributed by atoms with van der Waals surface area (Å²) < 4.78 is 11.5. The molecule has 0 saturated carbocycles. The third-order valence-electron chi connectivity index (χ3n) is 4.98. The highest BCUT2D eigenvalue weighted by atomic mass is 32.1. The molecule has 5 aromatic heterocycles. The first-order valence-electron chi connectivity index (χ1n) is 9.59. The monoisotopic (exact) mass is 419 g/mol. The molecule has 0 aromatic carbocycles. The quantitative estimate of drug-likeness (QED) is 0.453. The van der Waals surface area contributed by atoms with Crippen molar-refractivity contribution in [3.63, 3.8) is 0 Å². The number of rotatable bonds is 4. The molecule has 0 bridgehead atoms. The van der Waals surface area contributed by atoms with Crippen LogP contribution < -0.4 is 10.2 Å². The van der Waals surface area contributed by atoms with E-state index in [-0.39, 0.29) is 0 Å². The van der Waals surface area contributed by atoms with E-state index in [9.17, 15) is 0 Å². The molecule has 1 fully saturated rings. The third-order valence-corrected chi connectivity index (χ3v) is 5.87. The number of H-pyrrole nitrogens is 1. The van der Waals surface area contributed by atoms with Gasteiger partial charge in [0.2, 0.25) is 11.7 Å². The van der Waals surface area contributed by atoms with Gasteiger partial charge < -0.3 is 19.4 Å². The van der Waals surface area contributed by atoms with Gasteiger partial charge in [0, 0.05) is 25.4 Å². The Kier molecular flexibility index (Phi) is 4.10. The molecule has 0 atom stereocenters. The molecule has 10 heteroatoms. The second-order valence-electron chi connectivity index (χ2n) is 6.88. The number of hydrogen-bond acceptors (Lipinski definition) is 9. The van der Waals surface area contributed by atoms with Gasteiger partial charge in [-0.3, -0.25) is 5.10 Å². The number of anilines is 3. The molecule has 9 nitrogen and oxygen atoms in total. The number of aromatic amines is 1. The summed E-state index contributed by atoms with van der Waals surface area (Å²) in [6, 6.07) is 9.82. The number of aromatic nitrogens is 5. The molecule has 1 aliphatic rings. The van der Waals surface area contributed by atoms with Crippen LogP contribution in [0.4, 0.5) is 17.6 Å². The lowest BCUT2D eigenvalue weighted by atomic mass is 10.3. The van der Waals surface area contributed by atoms with Crippen molar-refractivity contribution in [2.24, 2.45) is 0 Å². The van der Waals surface area contributed by atoms with E-state index in [4.69, 9.17) is 19.1 Å². The Morgan fingerprint density at radius 3 is 2.93 bits per heavy atom. The Hall–Kier alpha value is -3.50. The first kappa shape index (κ1) is 17.4. The third kappa shape index (κ3) is 2.97. The van der Waals surface area contributed by atoms with Crippen molar-refractivity contribution in [2.75, 3.05) is 36.5 Å². The fraction of sp³-hybridized carbons (Fsp3) is 0.200. The molecule has 1 aliphatic heterocycles. The number of pyridine rings is 1. The number of hydrogen-bond donors (Lipinski definition) is 2. The van der Waals surface area contributed by atoms with Crippen LogP contribution in [0.1, 0.15) is 0 Å². The lowest BCUT2D eigenvalue weighted by Gasteiger charge is -2.27. The normalized spacial score (nSPS) is 14.6. The number of nitrogens with one attached hydrogen (secondary N) is 2. The standard InChI is InChI=1S/C20H17N7O2S/c1-3-12-16-17(29-19(12)21-5-1)18(27-6-8-28-9-7-27)24-20(23-16)22-15-11-13(25-26-15)14-4-2-10-30-14/h1-5,10-11H,6-9H2,(H2,22,23,24,25,26). The van der Waals surface area contributed by atoms with E-state index in [1.807, 2.05) is 35.7 Å². The van der Waals surface area contributed by atoms with Crippen molar-refractivity contribution in [1.82, 2.24) is 25.1 Å². The van der Waals surface area contributed by atoms with Crippen LogP contribution in [-0.2, 0) is 4.74 Å². The zero-order valence-electron chi connectivity index (χ0n) is 15.8. The van der Waals surface area contributed by atoms with Crippen molar-refractivity contribution in [2.45, 2.75) is 0 Å². The Morgan fingerprint density at radius 2 is 2.07 bits per heavy atom. The highest BCUT2D eigenvalue weighted by Crippen LogP contribution is 2.34. The minimum Gasteiger partial charge on any atom is -0.432 e. The van der Waals surface area contributed by atoms with Crippen molar-refractivity contribution in [1.29, 1.82) is 0 Å². The molecule has 5 aromatic rings. The van der Waals surface area contributed by atoms with E-state index in [2.05, 4.69) is 25.4 Å². The van der Waals surface area contributed by atoms with E-state index in [0.29, 0.717) is 30.5 Å². The molecule has 0 amide bonds. The average Bonchev–Trinajstić information content (AvgIpc) is 3.54. The smallest absolute Gasteiger partial charge is 0.231 e. The number of thiophene rings is 1. The van der Waals surface area contributed by atoms with Gasteiger partial charge in [-0.05, 0) is 23.6 Å². The summed E-state index contributed by atoms with van der Waals surface area (Å²) in [7, 11) is 0. The predicted octanol–water partition coefficient (Wildman–Crippen LogP) is 3.80. The fourth-order valence-corrected chi connectivity index (χ4v) is 4.25. The Balaban J connectivity index is 1.44. The number of furan rings is 1. The van der Waals surface area contributed by atoms with Gasteiger partial charge in [0.25, 0.3) is 0 Å². The van der Waals surface area contributed by atoms with Gasteiger partial charge in [0.05, 0.1) is 23.5 Å². The minimum atomic E-state index is 0.469. The average molecular weight is 419 g/mol. The van der Waals surface area contributed by atoms with E-state index in [1.54, 1.807) is 17.5 Å². The minimum absolute atomic E-state index is 0.469. The first-order chi connectivity index (χ1) is 14.8. The lowest BCUT2D eigenvalue weighted by molar-refractivity contribution is 0.122. The zero-order valence-corrected chi connectivity index (χ0v) is 16.6. The summed E-state index contributed by atoms with van der Waals surface area (Å²) >= 11 is 1.64. The largest absolute Gasteiger partial charge is 0.432 e. The van der Waals surface area contributed by atoms with Gasteiger partial charge in [-0.1, -0.05) is 6.07 Å². The topological polar surface area (TPSA) is 105 Å². The predicted molar refractivity (Wildman–Crippen MR) is 115 cm³/mol. The summed E-state index contributed by atoms with van der Waals surface area (Å²) in [4.78, 5) is 17.1. The summed E-state index contributed by atoms with van der Waals surface area (Å²) in [6.45, 7) is 2.78. The Bertz CT molecular complexity index is 1320. The van der Waals surface area contributed by atoms with Crippen LogP contribution in [0.2, 0.25) is 0 Å². The molecule has 0 radical (unpaired) electrons. The van der Waals surface area contributed by atoms with Crippen LogP contribution in [0, 0.1) is 0 Å². The van der Waals surface area contributed by atoms with E-state index in [0.717, 1.165) is 46.2 Å². The number of fused-ring (bicyclic) bond motifs is 3. The second kappa shape index (κ2) is 7.08. The van der Waals surface area contributed by atoms with Crippen molar-refractivity contribution in [3.8, 4) is 10.6 Å². The van der Waals surface area contributed by atoms with E-state index >= 15 is 0 Å². The molecule has 2 N–H and O–H groups in total. The lowest BCUT2D eigenvalue weighted by Crippen LogP contribution is -2.37. The van der Waals surface area contributed by atoms with Crippen LogP contribution >= 0.6 is 11.3 Å². The van der Waals surface area contributed by atoms with Crippen LogP contribution in [0.25, 0.3) is 32.8 Å². The van der Waals surface area contributed by atoms with Crippen LogP contribution in [-0.4, -0.2) is 51.5 Å². The zero-order chi connectivity index (χ0) is 19.9. The summed E-state index contributed by atoms with van der Waals surface area (Å²) in [5.41, 5.74) is 2.80. The highest BCUT2D eigenvalue weighted by molar-refractivity contribution is 7.13. The maximum absolute atomic E-state index is 6.03. The maximum Gasteiger partial charge on any atom is 0.231 e. The van der Waals surface area contributed by atoms with Crippen molar-refractivity contribution < 1.29 is 9.15 Å². The maximum atomic E-state index is 6.03. The highest BCUT2D eigenvalue weighted by Gasteiger charge is 2.22. The molecular weight excluding hydrogens is 402 g/mol. The van der Waals surface area contributed by atoms with Gasteiger partial charge in [-0.25, -0.2) is 9.97 Å². The number of nitrogens with zero attached hydrogens (tertiary/aromatic N) is 5. The fourth-order valence-electron chi connectivity index (χ4n) is 3.57. The summed E-state index contributed by atoms with van der Waals surface area (Å²) in [6.07, 6.45) is 1.71. The Labute approximate surface area is 174 Å².